The first-order valence-corrected chi connectivity index (χ1v) is 9.87. The first-order valence-electron chi connectivity index (χ1n) is 8.93. The first-order chi connectivity index (χ1) is 11.6. The fourth-order valence-corrected chi connectivity index (χ4v) is 4.86. The molecule has 0 bridgehead atoms. The lowest BCUT2D eigenvalue weighted by Gasteiger charge is -2.37. The van der Waals surface area contributed by atoms with Crippen LogP contribution in [-0.4, -0.2) is 77.0 Å². The topological polar surface area (TPSA) is 39.7 Å². The summed E-state index contributed by atoms with van der Waals surface area (Å²) < 4.78 is 0. The zero-order valence-electron chi connectivity index (χ0n) is 14.7. The van der Waals surface area contributed by atoms with Crippen LogP contribution in [0.15, 0.2) is 24.4 Å². The third-order valence-corrected chi connectivity index (χ3v) is 5.99. The number of hydrogen-bond donors (Lipinski definition) is 0. The highest BCUT2D eigenvalue weighted by atomic mass is 32.2. The number of thioether (sulfide) groups is 1. The predicted molar refractivity (Wildman–Crippen MR) is 101 cm³/mol. The zero-order chi connectivity index (χ0) is 16.9. The van der Waals surface area contributed by atoms with Gasteiger partial charge in [-0.25, -0.2) is 4.98 Å². The van der Waals surface area contributed by atoms with Gasteiger partial charge < -0.3 is 9.80 Å². The number of piperazine rings is 1. The molecule has 2 atom stereocenters. The molecule has 0 aromatic carbocycles. The summed E-state index contributed by atoms with van der Waals surface area (Å²) in [5, 5.41) is 1.11. The molecule has 24 heavy (non-hydrogen) atoms. The van der Waals surface area contributed by atoms with E-state index in [1.165, 1.54) is 0 Å². The molecule has 1 aromatic rings. The van der Waals surface area contributed by atoms with Gasteiger partial charge in [0.15, 0.2) is 0 Å². The summed E-state index contributed by atoms with van der Waals surface area (Å²) in [7, 11) is 0. The number of hydrogen-bond acceptors (Lipinski definition) is 5. The van der Waals surface area contributed by atoms with Gasteiger partial charge in [-0.1, -0.05) is 19.9 Å². The van der Waals surface area contributed by atoms with E-state index in [0.29, 0.717) is 22.8 Å². The van der Waals surface area contributed by atoms with Gasteiger partial charge in [0.05, 0.1) is 0 Å². The molecule has 2 aliphatic heterocycles. The number of carbonyl (C=O) groups is 1. The van der Waals surface area contributed by atoms with E-state index in [1.54, 1.807) is 0 Å². The fraction of sp³-hybridized carbons (Fsp3) is 0.667. The maximum atomic E-state index is 12.5. The Kier molecular flexibility index (Phi) is 6.00. The summed E-state index contributed by atoms with van der Waals surface area (Å²) >= 11 is 1.99. The molecule has 0 saturated carbocycles. The summed E-state index contributed by atoms with van der Waals surface area (Å²) in [5.41, 5.74) is 0. The van der Waals surface area contributed by atoms with Crippen molar-refractivity contribution in [3.8, 4) is 0 Å². The largest absolute Gasteiger partial charge is 0.354 e. The quantitative estimate of drug-likeness (QED) is 0.832. The Bertz CT molecular complexity index is 523. The van der Waals surface area contributed by atoms with Gasteiger partial charge in [-0.05, 0) is 12.1 Å². The van der Waals surface area contributed by atoms with Crippen molar-refractivity contribution in [3.63, 3.8) is 0 Å². The average molecular weight is 349 g/mol. The lowest BCUT2D eigenvalue weighted by atomic mass is 10.2. The van der Waals surface area contributed by atoms with Gasteiger partial charge in [-0.3, -0.25) is 9.69 Å². The van der Waals surface area contributed by atoms with Gasteiger partial charge in [0.2, 0.25) is 5.91 Å². The first kappa shape index (κ1) is 17.5. The van der Waals surface area contributed by atoms with E-state index in [0.717, 1.165) is 51.6 Å². The van der Waals surface area contributed by atoms with Crippen molar-refractivity contribution in [2.24, 2.45) is 0 Å². The van der Waals surface area contributed by atoms with Crippen LogP contribution < -0.4 is 4.90 Å². The van der Waals surface area contributed by atoms with E-state index in [-0.39, 0.29) is 0 Å². The highest BCUT2D eigenvalue weighted by Crippen LogP contribution is 2.25. The Hall–Kier alpha value is -1.27. The standard InChI is InChI=1S/C18H28N4OS/c1-15-13-22(14-16(2)24-15)18(23)6-8-20-9-11-21(12-10-20)17-5-3-4-7-19-17/h3-5,7,15-16H,6,8-14H2,1-2H3/t15-,16+. The number of nitrogens with zero attached hydrogens (tertiary/aromatic N) is 4. The van der Waals surface area contributed by atoms with Crippen molar-refractivity contribution in [1.82, 2.24) is 14.8 Å². The van der Waals surface area contributed by atoms with E-state index >= 15 is 0 Å². The molecule has 2 saturated heterocycles. The molecule has 132 valence electrons. The van der Waals surface area contributed by atoms with Gasteiger partial charge in [-0.2, -0.15) is 11.8 Å². The zero-order valence-corrected chi connectivity index (χ0v) is 15.5. The van der Waals surface area contributed by atoms with Gasteiger partial charge >= 0.3 is 0 Å². The van der Waals surface area contributed by atoms with Crippen LogP contribution in [0.25, 0.3) is 0 Å². The molecule has 5 nitrogen and oxygen atoms in total. The number of pyridine rings is 1. The van der Waals surface area contributed by atoms with Crippen molar-refractivity contribution < 1.29 is 4.79 Å². The van der Waals surface area contributed by atoms with Gasteiger partial charge in [0, 0.05) is 68.9 Å². The van der Waals surface area contributed by atoms with Crippen molar-refractivity contribution in [3.05, 3.63) is 24.4 Å². The minimum Gasteiger partial charge on any atom is -0.354 e. The lowest BCUT2D eigenvalue weighted by molar-refractivity contribution is -0.131. The van der Waals surface area contributed by atoms with Gasteiger partial charge in [0.25, 0.3) is 0 Å². The van der Waals surface area contributed by atoms with Crippen molar-refractivity contribution in [2.75, 3.05) is 50.7 Å². The van der Waals surface area contributed by atoms with Crippen LogP contribution in [0.2, 0.25) is 0 Å². The van der Waals surface area contributed by atoms with Gasteiger partial charge in [-0.15, -0.1) is 0 Å². The highest BCUT2D eigenvalue weighted by Gasteiger charge is 2.26. The van der Waals surface area contributed by atoms with Crippen molar-refractivity contribution in [2.45, 2.75) is 30.8 Å². The molecular weight excluding hydrogens is 320 g/mol. The van der Waals surface area contributed by atoms with E-state index in [2.05, 4.69) is 39.6 Å². The molecule has 1 aromatic heterocycles. The summed E-state index contributed by atoms with van der Waals surface area (Å²) in [5.74, 6) is 1.38. The Morgan fingerprint density at radius 3 is 2.50 bits per heavy atom. The summed E-state index contributed by atoms with van der Waals surface area (Å²) in [6.07, 6.45) is 2.49. The number of anilines is 1. The number of amides is 1. The third-order valence-electron chi connectivity index (χ3n) is 4.76. The van der Waals surface area contributed by atoms with E-state index in [9.17, 15) is 4.79 Å². The molecule has 1 amide bonds. The molecule has 0 spiro atoms. The molecule has 2 fully saturated rings. The molecule has 0 radical (unpaired) electrons. The lowest BCUT2D eigenvalue weighted by Crippen LogP contribution is -2.48. The fourth-order valence-electron chi connectivity index (χ4n) is 3.53. The van der Waals surface area contributed by atoms with Gasteiger partial charge in [0.1, 0.15) is 5.82 Å². The number of aromatic nitrogens is 1. The Morgan fingerprint density at radius 2 is 1.88 bits per heavy atom. The van der Waals surface area contributed by atoms with Crippen LogP contribution in [0, 0.1) is 0 Å². The smallest absolute Gasteiger partial charge is 0.223 e. The second-order valence-corrected chi connectivity index (χ2v) is 8.70. The average Bonchev–Trinajstić information content (AvgIpc) is 2.60. The number of carbonyl (C=O) groups excluding carboxylic acids is 1. The van der Waals surface area contributed by atoms with Crippen LogP contribution in [0.1, 0.15) is 20.3 Å². The SMILES string of the molecule is C[C@@H]1CN(C(=O)CCN2CCN(c3ccccn3)CC2)C[C@H](C)S1. The monoisotopic (exact) mass is 348 g/mol. The molecular formula is C18H28N4OS. The van der Waals surface area contributed by atoms with Crippen LogP contribution >= 0.6 is 11.8 Å². The van der Waals surface area contributed by atoms with Crippen LogP contribution in [0.3, 0.4) is 0 Å². The maximum Gasteiger partial charge on any atom is 0.223 e. The minimum atomic E-state index is 0.321. The minimum absolute atomic E-state index is 0.321. The van der Waals surface area contributed by atoms with Crippen molar-refractivity contribution >= 4 is 23.5 Å². The Labute approximate surface area is 149 Å². The number of rotatable bonds is 4. The summed E-state index contributed by atoms with van der Waals surface area (Å²) in [4.78, 5) is 23.7. The molecule has 0 N–H and O–H groups in total. The highest BCUT2D eigenvalue weighted by molar-refractivity contribution is 8.00. The Morgan fingerprint density at radius 1 is 1.17 bits per heavy atom. The molecule has 3 heterocycles. The molecule has 2 aliphatic rings. The Balaban J connectivity index is 1.41. The van der Waals surface area contributed by atoms with E-state index in [4.69, 9.17) is 0 Å². The van der Waals surface area contributed by atoms with Crippen LogP contribution in [-0.2, 0) is 4.79 Å². The molecule has 0 unspecified atom stereocenters. The van der Waals surface area contributed by atoms with Crippen LogP contribution in [0.5, 0.6) is 0 Å². The molecule has 0 aliphatic carbocycles. The third kappa shape index (κ3) is 4.63. The second kappa shape index (κ2) is 8.21. The maximum absolute atomic E-state index is 12.5. The molecule has 6 heteroatoms. The second-order valence-electron chi connectivity index (χ2n) is 6.82. The van der Waals surface area contributed by atoms with Crippen LogP contribution in [0.4, 0.5) is 5.82 Å². The summed E-state index contributed by atoms with van der Waals surface area (Å²) in [6.45, 7) is 11.1. The van der Waals surface area contributed by atoms with Crippen molar-refractivity contribution in [1.29, 1.82) is 0 Å². The van der Waals surface area contributed by atoms with E-state index in [1.807, 2.05) is 30.1 Å². The van der Waals surface area contributed by atoms with E-state index < -0.39 is 0 Å². The summed E-state index contributed by atoms with van der Waals surface area (Å²) in [6, 6.07) is 6.05. The normalized spacial score (nSPS) is 25.8. The predicted octanol–water partition coefficient (Wildman–Crippen LogP) is 1.95. The molecule has 3 rings (SSSR count).